The minimum Gasteiger partial charge on any atom is -0.347 e. The average Bonchev–Trinajstić information content (AvgIpc) is 2.77. The summed E-state index contributed by atoms with van der Waals surface area (Å²) in [5.74, 6) is -0.127. The van der Waals surface area contributed by atoms with Crippen molar-refractivity contribution in [2.24, 2.45) is 0 Å². The van der Waals surface area contributed by atoms with Crippen molar-refractivity contribution in [3.05, 3.63) is 29.6 Å². The third-order valence-electron chi connectivity index (χ3n) is 3.05. The first kappa shape index (κ1) is 11.2. The number of nitrogens with one attached hydrogen (secondary N) is 1. The van der Waals surface area contributed by atoms with Crippen molar-refractivity contribution in [3.63, 3.8) is 0 Å². The molecule has 1 aromatic carbocycles. The van der Waals surface area contributed by atoms with Gasteiger partial charge in [0.2, 0.25) is 11.8 Å². The van der Waals surface area contributed by atoms with Gasteiger partial charge in [-0.25, -0.2) is 0 Å². The minimum atomic E-state index is -0.0672. The first-order valence-electron chi connectivity index (χ1n) is 5.78. The third-order valence-corrected chi connectivity index (χ3v) is 3.95. The molecule has 1 aliphatic rings. The second-order valence-electron chi connectivity index (χ2n) is 4.21. The van der Waals surface area contributed by atoms with Crippen LogP contribution in [-0.2, 0) is 9.59 Å². The van der Waals surface area contributed by atoms with Crippen LogP contribution in [0, 0.1) is 0 Å². The predicted molar refractivity (Wildman–Crippen MR) is 71.8 cm³/mol. The van der Waals surface area contributed by atoms with Gasteiger partial charge in [-0.15, -0.1) is 11.3 Å². The Hall–Kier alpha value is -1.88. The third kappa shape index (κ3) is 1.97. The van der Waals surface area contributed by atoms with Gasteiger partial charge in [0, 0.05) is 23.4 Å². The summed E-state index contributed by atoms with van der Waals surface area (Å²) >= 11 is 1.68. The van der Waals surface area contributed by atoms with Crippen LogP contribution in [-0.4, -0.2) is 24.9 Å². The lowest BCUT2D eigenvalue weighted by Gasteiger charge is -2.19. The Kier molecular flexibility index (Phi) is 2.76. The van der Waals surface area contributed by atoms with Gasteiger partial charge < -0.3 is 10.2 Å². The Balaban J connectivity index is 1.96. The lowest BCUT2D eigenvalue weighted by Crippen LogP contribution is -2.35. The summed E-state index contributed by atoms with van der Waals surface area (Å²) in [6.07, 6.45) is 0.355. The van der Waals surface area contributed by atoms with E-state index in [9.17, 15) is 9.59 Å². The maximum absolute atomic E-state index is 11.9. The Morgan fingerprint density at radius 3 is 3.00 bits per heavy atom. The Morgan fingerprint density at radius 2 is 2.11 bits per heavy atom. The Morgan fingerprint density at radius 1 is 1.22 bits per heavy atom. The minimum absolute atomic E-state index is 0.0598. The molecule has 0 atom stereocenters. The van der Waals surface area contributed by atoms with E-state index in [-0.39, 0.29) is 18.4 Å². The fourth-order valence-corrected chi connectivity index (χ4v) is 2.86. The molecule has 2 amide bonds. The lowest BCUT2D eigenvalue weighted by molar-refractivity contribution is -0.123. The highest BCUT2D eigenvalue weighted by atomic mass is 32.1. The number of carbonyl (C=O) groups excluding carboxylic acids is 2. The van der Waals surface area contributed by atoms with Gasteiger partial charge in [0.1, 0.15) is 0 Å². The highest BCUT2D eigenvalue weighted by Crippen LogP contribution is 2.26. The van der Waals surface area contributed by atoms with E-state index in [0.29, 0.717) is 13.0 Å². The number of benzene rings is 1. The van der Waals surface area contributed by atoms with E-state index in [1.54, 1.807) is 16.2 Å². The van der Waals surface area contributed by atoms with Gasteiger partial charge in [-0.05, 0) is 35.0 Å². The van der Waals surface area contributed by atoms with Crippen molar-refractivity contribution < 1.29 is 9.59 Å². The monoisotopic (exact) mass is 260 g/mol. The molecular formula is C13H12N2O2S. The molecule has 0 aliphatic carbocycles. The van der Waals surface area contributed by atoms with Gasteiger partial charge in [-0.1, -0.05) is 0 Å². The zero-order chi connectivity index (χ0) is 12.5. The van der Waals surface area contributed by atoms with E-state index in [4.69, 9.17) is 0 Å². The number of nitrogens with zero attached hydrogens (tertiary/aromatic N) is 1. The summed E-state index contributed by atoms with van der Waals surface area (Å²) in [5, 5.41) is 5.76. The van der Waals surface area contributed by atoms with Crippen LogP contribution in [0.15, 0.2) is 29.6 Å². The summed E-state index contributed by atoms with van der Waals surface area (Å²) in [4.78, 5) is 24.9. The first-order chi connectivity index (χ1) is 8.74. The second-order valence-corrected chi connectivity index (χ2v) is 5.16. The number of amides is 2. The molecule has 0 spiro atoms. The van der Waals surface area contributed by atoms with Gasteiger partial charge in [-0.3, -0.25) is 9.59 Å². The smallest absolute Gasteiger partial charge is 0.246 e. The van der Waals surface area contributed by atoms with Crippen molar-refractivity contribution in [3.8, 4) is 0 Å². The molecule has 1 N–H and O–H groups in total. The highest BCUT2D eigenvalue weighted by Gasteiger charge is 2.21. The summed E-state index contributed by atoms with van der Waals surface area (Å²) in [7, 11) is 0. The van der Waals surface area contributed by atoms with Crippen LogP contribution in [0.2, 0.25) is 0 Å². The first-order valence-corrected chi connectivity index (χ1v) is 6.66. The molecule has 1 fully saturated rings. The highest BCUT2D eigenvalue weighted by molar-refractivity contribution is 7.17. The topological polar surface area (TPSA) is 49.4 Å². The van der Waals surface area contributed by atoms with E-state index in [0.717, 1.165) is 11.1 Å². The normalized spacial score (nSPS) is 16.8. The average molecular weight is 260 g/mol. The number of thiophene rings is 1. The van der Waals surface area contributed by atoms with E-state index in [1.165, 1.54) is 4.70 Å². The van der Waals surface area contributed by atoms with Crippen LogP contribution in [0.5, 0.6) is 0 Å². The molecule has 0 unspecified atom stereocenters. The van der Waals surface area contributed by atoms with Gasteiger partial charge in [-0.2, -0.15) is 0 Å². The Bertz CT molecular complexity index is 620. The molecular weight excluding hydrogens is 248 g/mol. The maximum atomic E-state index is 11.9. The van der Waals surface area contributed by atoms with Crippen LogP contribution in [0.1, 0.15) is 6.42 Å². The number of rotatable bonds is 1. The van der Waals surface area contributed by atoms with Crippen molar-refractivity contribution in [2.45, 2.75) is 6.42 Å². The van der Waals surface area contributed by atoms with Crippen molar-refractivity contribution >= 4 is 38.9 Å². The van der Waals surface area contributed by atoms with Gasteiger partial charge in [0.15, 0.2) is 0 Å². The number of fused-ring (bicyclic) bond motifs is 1. The molecule has 2 aromatic rings. The number of carbonyl (C=O) groups is 2. The molecule has 0 bridgehead atoms. The van der Waals surface area contributed by atoms with Crippen molar-refractivity contribution in [2.75, 3.05) is 18.0 Å². The van der Waals surface area contributed by atoms with E-state index in [1.807, 2.05) is 29.6 Å². The maximum Gasteiger partial charge on any atom is 0.246 e. The fraction of sp³-hybridized carbons (Fsp3) is 0.231. The largest absolute Gasteiger partial charge is 0.347 e. The number of anilines is 1. The van der Waals surface area contributed by atoms with Crippen LogP contribution in [0.4, 0.5) is 5.69 Å². The van der Waals surface area contributed by atoms with Gasteiger partial charge in [0.05, 0.1) is 6.54 Å². The number of hydrogen-bond donors (Lipinski definition) is 1. The molecule has 0 radical (unpaired) electrons. The molecule has 1 saturated heterocycles. The van der Waals surface area contributed by atoms with E-state index < -0.39 is 0 Å². The molecule has 1 aliphatic heterocycles. The summed E-state index contributed by atoms with van der Waals surface area (Å²) in [6.45, 7) is 0.529. The summed E-state index contributed by atoms with van der Waals surface area (Å²) < 4.78 is 1.20. The van der Waals surface area contributed by atoms with Crippen LogP contribution in [0.25, 0.3) is 10.1 Å². The number of hydrogen-bond acceptors (Lipinski definition) is 3. The van der Waals surface area contributed by atoms with Gasteiger partial charge in [0.25, 0.3) is 0 Å². The van der Waals surface area contributed by atoms with Gasteiger partial charge >= 0.3 is 0 Å². The SMILES string of the molecule is O=C1CCN(c2ccc3sccc3c2)C(=O)CN1. The summed E-state index contributed by atoms with van der Waals surface area (Å²) in [5.41, 5.74) is 0.863. The standard InChI is InChI=1S/C13H12N2O2S/c16-12-3-5-15(13(17)8-14-12)10-1-2-11-9(7-10)4-6-18-11/h1-2,4,6-7H,3,5,8H2,(H,14,16). The molecule has 4 nitrogen and oxygen atoms in total. The van der Waals surface area contributed by atoms with E-state index >= 15 is 0 Å². The molecule has 0 saturated carbocycles. The second kappa shape index (κ2) is 4.42. The molecule has 18 heavy (non-hydrogen) atoms. The van der Waals surface area contributed by atoms with Crippen LogP contribution in [0.3, 0.4) is 0 Å². The summed E-state index contributed by atoms with van der Waals surface area (Å²) in [6, 6.07) is 7.99. The molecule has 3 rings (SSSR count). The van der Waals surface area contributed by atoms with E-state index in [2.05, 4.69) is 5.32 Å². The fourth-order valence-electron chi connectivity index (χ4n) is 2.09. The Labute approximate surface area is 108 Å². The molecule has 92 valence electrons. The van der Waals surface area contributed by atoms with Crippen LogP contribution >= 0.6 is 11.3 Å². The van der Waals surface area contributed by atoms with Crippen molar-refractivity contribution in [1.82, 2.24) is 5.32 Å². The quantitative estimate of drug-likeness (QED) is 0.849. The van der Waals surface area contributed by atoms with Crippen LogP contribution < -0.4 is 10.2 Å². The molecule has 2 heterocycles. The predicted octanol–water partition coefficient (Wildman–Crippen LogP) is 1.75. The molecule has 5 heteroatoms. The van der Waals surface area contributed by atoms with Crippen molar-refractivity contribution in [1.29, 1.82) is 0 Å². The zero-order valence-corrected chi connectivity index (χ0v) is 10.5. The molecule has 1 aromatic heterocycles. The zero-order valence-electron chi connectivity index (χ0n) is 9.68. The lowest BCUT2D eigenvalue weighted by atomic mass is 10.2.